The zero-order valence-corrected chi connectivity index (χ0v) is 61.9. The second-order valence-electron chi connectivity index (χ2n) is 23.1. The fourth-order valence-corrected chi connectivity index (χ4v) is 8.14. The van der Waals surface area contributed by atoms with Crippen molar-refractivity contribution >= 4 is 0 Å². The van der Waals surface area contributed by atoms with Gasteiger partial charge >= 0.3 is 5.92 Å². The first-order valence-corrected chi connectivity index (χ1v) is 33.4. The molecule has 0 bridgehead atoms. The summed E-state index contributed by atoms with van der Waals surface area (Å²) in [7, 11) is 7.81. The van der Waals surface area contributed by atoms with Gasteiger partial charge in [-0.15, -0.1) is 0 Å². The van der Waals surface area contributed by atoms with Crippen molar-refractivity contribution in [2.75, 3.05) is 75.4 Å². The van der Waals surface area contributed by atoms with Gasteiger partial charge in [0.2, 0.25) is 0 Å². The quantitative estimate of drug-likeness (QED) is 0.119. The van der Waals surface area contributed by atoms with Crippen LogP contribution in [0.1, 0.15) is 129 Å². The van der Waals surface area contributed by atoms with E-state index in [9.17, 15) is 70.2 Å². The van der Waals surface area contributed by atoms with E-state index in [2.05, 4.69) is 92.6 Å². The standard InChI is InChI=1S/C8H16F2N2O2.2C7H14F2N2O3.2C7H15FN2O3.C7H14FNO4.6C3H8/c1-3(11)7-5(10)4(9)6(12)8(13-2)14-7;1-13-6-4(11)5(12)7(8,9)3(2-10)14-6;1-13-6-4(11)7(8,9)5(12)3(2-10)14-6;1-12-7-5(10)4(8)6(11)3(2-9)13-7;1-12-7-5(10)6(11)4(8)3(2-9)13-7;1-12-7-6(11)4(8)5(10)3(2-9)13-7;6*1-3-2/h3-8H,11-12H2,1-2H3;2*3-6,12H,2,10-11H2,1H3;2*3-7,11H,2,9-10H2,1H3;3-7,10-11H,2,9H2,1H3;6*3H2,1-2H3/t3?,4?,5?,6-,7?,8+;2*3?,4?,5?,6-;3*3?,4?,5?,6?,7-;;;;;;/m100000....../s1. The number of aliphatic hydroxyl groups is 6. The lowest BCUT2D eigenvalue weighted by atomic mass is 9.96. The summed E-state index contributed by atoms with van der Waals surface area (Å²) >= 11 is 0. The van der Waals surface area contributed by atoms with Crippen LogP contribution in [-0.4, -0.2) is 296 Å². The Bertz CT molecular complexity index is 1640. The SMILES string of the molecule is CCC.CCC.CCC.CCC.CCC.CCC.CO[C@H]1OC(C(C)N)C(F)C(F)[C@H]1N.CO[C@H]1OC(CN)C(F)(F)C(O)C1N.CO[C@H]1OC(CN)C(F)C(O)C1N.CO[C@H]1OC(CN)C(O)C(F)(F)C1N.CO[C@H]1OC(CN)C(O)C(F)C1N.CO[C@H]1OC(CN)C(O)C(F)C1O. The van der Waals surface area contributed by atoms with Crippen LogP contribution < -0.4 is 63.1 Å². The van der Waals surface area contributed by atoms with Gasteiger partial charge in [0.1, 0.15) is 85.5 Å². The van der Waals surface area contributed by atoms with Crippen LogP contribution in [0.25, 0.3) is 0 Å². The van der Waals surface area contributed by atoms with E-state index in [-0.39, 0.29) is 26.2 Å². The van der Waals surface area contributed by atoms with Gasteiger partial charge in [0.15, 0.2) is 62.4 Å². The minimum absolute atomic E-state index is 0.00912. The maximum atomic E-state index is 13.3. The number of methoxy groups -OCH3 is 6. The number of aliphatic hydroxyl groups excluding tert-OH is 6. The average molecular weight is 1480 g/mol. The molecule has 0 amide bonds. The summed E-state index contributed by atoms with van der Waals surface area (Å²) in [5.41, 5.74) is 58.2. The summed E-state index contributed by atoms with van der Waals surface area (Å²) in [6, 6.07) is -6.52. The van der Waals surface area contributed by atoms with Gasteiger partial charge in [-0.1, -0.05) is 122 Å². The summed E-state index contributed by atoms with van der Waals surface area (Å²) in [5, 5.41) is 55.5. The first-order chi connectivity index (χ1) is 46.2. The lowest BCUT2D eigenvalue weighted by Gasteiger charge is -2.42. The highest BCUT2D eigenvalue weighted by molar-refractivity contribution is 5.00. The molecular weight excluding hydrogens is 1350 g/mol. The molecule has 6 aliphatic rings. The first-order valence-electron chi connectivity index (χ1n) is 33.4. The Kier molecular flexibility index (Phi) is 65.9. The molecule has 29 atom stereocenters. The molecule has 6 heterocycles. The van der Waals surface area contributed by atoms with Gasteiger partial charge in [-0.05, 0) is 6.92 Å². The zero-order valence-electron chi connectivity index (χ0n) is 61.9. The maximum Gasteiger partial charge on any atom is 0.302 e. The Morgan fingerprint density at radius 1 is 0.343 bits per heavy atom. The van der Waals surface area contributed by atoms with Crippen molar-refractivity contribution in [2.24, 2.45) is 63.1 Å². The zero-order chi connectivity index (χ0) is 79.0. The maximum absolute atomic E-state index is 13.3. The number of ether oxygens (including phenoxy) is 12. The van der Waals surface area contributed by atoms with Crippen molar-refractivity contribution in [3.05, 3.63) is 0 Å². The summed E-state index contributed by atoms with van der Waals surface area (Å²) in [5.74, 6) is -6.90. The van der Waals surface area contributed by atoms with E-state index >= 15 is 0 Å². The minimum atomic E-state index is -3.46. The molecule has 0 spiro atoms. The van der Waals surface area contributed by atoms with E-state index in [0.29, 0.717) is 0 Å². The second-order valence-corrected chi connectivity index (χ2v) is 23.1. The van der Waals surface area contributed by atoms with Crippen molar-refractivity contribution in [3.63, 3.8) is 0 Å². The van der Waals surface area contributed by atoms with Gasteiger partial charge in [0.25, 0.3) is 5.92 Å². The molecule has 6 saturated heterocycles. The van der Waals surface area contributed by atoms with Crippen LogP contribution in [0.15, 0.2) is 0 Å². The van der Waals surface area contributed by atoms with Crippen molar-refractivity contribution in [1.29, 1.82) is 0 Å². The van der Waals surface area contributed by atoms with Crippen LogP contribution in [0, 0.1) is 0 Å². The number of hydrogen-bond acceptors (Lipinski definition) is 29. The summed E-state index contributed by atoms with van der Waals surface area (Å²) in [6.07, 6.45) is -22.5. The third-order valence-electron chi connectivity index (χ3n) is 13.3. The number of hydrogen-bond donors (Lipinski definition) is 17. The monoisotopic (exact) mass is 1480 g/mol. The molecule has 6 fully saturated rings. The van der Waals surface area contributed by atoms with Gasteiger partial charge in [0, 0.05) is 81.4 Å². The highest BCUT2D eigenvalue weighted by Crippen LogP contribution is 2.35. The van der Waals surface area contributed by atoms with Gasteiger partial charge < -0.3 is 151 Å². The van der Waals surface area contributed by atoms with Crippen LogP contribution in [0.2, 0.25) is 0 Å². The number of nitrogens with two attached hydrogens (primary N) is 11. The van der Waals surface area contributed by atoms with E-state index in [1.54, 1.807) is 6.92 Å². The normalized spacial score (nSPS) is 37.9. The Morgan fingerprint density at radius 3 is 1.01 bits per heavy atom. The topological polar surface area (TPSA) is 518 Å². The van der Waals surface area contributed by atoms with Crippen molar-refractivity contribution < 1.29 is 127 Å². The Labute approximate surface area is 582 Å². The molecule has 0 aromatic heterocycles. The molecule has 99 heavy (non-hydrogen) atoms. The number of alkyl halides is 9. The van der Waals surface area contributed by atoms with Gasteiger partial charge in [-0.3, -0.25) is 0 Å². The molecule has 0 saturated carbocycles. The molecule has 6 rings (SSSR count). The molecule has 0 aliphatic carbocycles. The van der Waals surface area contributed by atoms with Gasteiger partial charge in [-0.2, -0.15) is 0 Å². The molecule has 0 radical (unpaired) electrons. The smallest absolute Gasteiger partial charge is 0.302 e. The summed E-state index contributed by atoms with van der Waals surface area (Å²) < 4.78 is 178. The predicted molar refractivity (Wildman–Crippen MR) is 359 cm³/mol. The molecule has 0 aromatic rings. The molecule has 29 nitrogen and oxygen atoms in total. The van der Waals surface area contributed by atoms with Gasteiger partial charge in [0.05, 0.1) is 24.2 Å². The van der Waals surface area contributed by atoms with E-state index < -0.39 is 196 Å². The van der Waals surface area contributed by atoms with E-state index in [1.165, 1.54) is 81.2 Å². The van der Waals surface area contributed by atoms with Crippen LogP contribution >= 0.6 is 0 Å². The molecular formula is C61H136F9N11O18. The van der Waals surface area contributed by atoms with E-state index in [0.717, 1.165) is 0 Å². The predicted octanol–water partition coefficient (Wildman–Crippen LogP) is 0.548. The fraction of sp³-hybridized carbons (Fsp3) is 1.00. The Hall–Kier alpha value is -1.79. The van der Waals surface area contributed by atoms with Crippen LogP contribution in [0.5, 0.6) is 0 Å². The summed E-state index contributed by atoms with van der Waals surface area (Å²) in [6.45, 7) is 26.4. The number of rotatable bonds is 12. The van der Waals surface area contributed by atoms with E-state index in [1.807, 2.05) is 0 Å². The molecule has 606 valence electrons. The number of halogens is 9. The fourth-order valence-electron chi connectivity index (χ4n) is 8.14. The lowest BCUT2D eigenvalue weighted by Crippen LogP contribution is -2.66. The van der Waals surface area contributed by atoms with Crippen molar-refractivity contribution in [1.82, 2.24) is 0 Å². The lowest BCUT2D eigenvalue weighted by molar-refractivity contribution is -0.301. The summed E-state index contributed by atoms with van der Waals surface area (Å²) in [4.78, 5) is 0. The van der Waals surface area contributed by atoms with Crippen LogP contribution in [0.4, 0.5) is 39.5 Å². The van der Waals surface area contributed by atoms with Crippen molar-refractivity contribution in [2.45, 2.75) is 318 Å². The van der Waals surface area contributed by atoms with Crippen molar-refractivity contribution in [3.8, 4) is 0 Å². The average Bonchev–Trinajstić information content (AvgIpc) is 0.792. The third-order valence-corrected chi connectivity index (χ3v) is 13.3. The molecule has 0 aromatic carbocycles. The highest BCUT2D eigenvalue weighted by Gasteiger charge is 2.58. The van der Waals surface area contributed by atoms with E-state index in [4.69, 9.17) is 110 Å². The molecule has 28 N–H and O–H groups in total. The van der Waals surface area contributed by atoms with Gasteiger partial charge in [-0.25, -0.2) is 39.5 Å². The molecule has 38 heteroatoms. The Morgan fingerprint density at radius 2 is 0.657 bits per heavy atom. The molecule has 22 unspecified atom stereocenters. The Balaban J connectivity index is -0.000000249. The second kappa shape index (κ2) is 60.4. The first kappa shape index (κ1) is 108. The minimum Gasteiger partial charge on any atom is -0.388 e. The molecule has 6 aliphatic heterocycles. The highest BCUT2D eigenvalue weighted by atomic mass is 19.3. The largest absolute Gasteiger partial charge is 0.388 e. The van der Waals surface area contributed by atoms with Crippen LogP contribution in [0.3, 0.4) is 0 Å². The van der Waals surface area contributed by atoms with Crippen LogP contribution in [-0.2, 0) is 56.8 Å². The third kappa shape index (κ3) is 36.9.